The first-order valence-corrected chi connectivity index (χ1v) is 12.1. The fraction of sp³-hybridized carbons (Fsp3) is 0.217. The van der Waals surface area contributed by atoms with Gasteiger partial charge in [0.2, 0.25) is 10.0 Å². The molecule has 168 valence electrons. The first kappa shape index (κ1) is 23.6. The van der Waals surface area contributed by atoms with Crippen LogP contribution in [0, 0.1) is 0 Å². The molecule has 3 rings (SSSR count). The fourth-order valence-corrected chi connectivity index (χ4v) is 5.29. The molecule has 1 aromatic heterocycles. The molecule has 0 saturated heterocycles. The molecule has 2 aromatic carbocycles. The van der Waals surface area contributed by atoms with E-state index in [4.69, 9.17) is 4.74 Å². The van der Waals surface area contributed by atoms with Gasteiger partial charge in [-0.05, 0) is 49.7 Å². The van der Waals surface area contributed by atoms with Gasteiger partial charge < -0.3 is 10.1 Å². The molecule has 0 atom stereocenters. The van der Waals surface area contributed by atoms with Crippen molar-refractivity contribution in [2.45, 2.75) is 24.8 Å². The van der Waals surface area contributed by atoms with E-state index in [2.05, 4.69) is 5.32 Å². The first-order valence-electron chi connectivity index (χ1n) is 9.82. The van der Waals surface area contributed by atoms with Gasteiger partial charge in [-0.3, -0.25) is 4.79 Å². The number of hydrogen-bond acceptors (Lipinski definition) is 6. The van der Waals surface area contributed by atoms with Crippen molar-refractivity contribution >= 4 is 38.9 Å². The lowest BCUT2D eigenvalue weighted by Crippen LogP contribution is -2.33. The Balaban J connectivity index is 1.87. The molecule has 0 fully saturated rings. The number of hydrogen-bond donors (Lipinski definition) is 1. The van der Waals surface area contributed by atoms with Crippen molar-refractivity contribution in [3.05, 3.63) is 71.1 Å². The van der Waals surface area contributed by atoms with Gasteiger partial charge in [0.05, 0.1) is 17.7 Å². The Hall–Kier alpha value is -3.01. The van der Waals surface area contributed by atoms with Crippen molar-refractivity contribution in [2.75, 3.05) is 19.5 Å². The van der Waals surface area contributed by atoms with Crippen LogP contribution < -0.4 is 5.32 Å². The molecule has 0 bridgehead atoms. The summed E-state index contributed by atoms with van der Waals surface area (Å²) in [5.41, 5.74) is 1.51. The largest absolute Gasteiger partial charge is 0.465 e. The van der Waals surface area contributed by atoms with Gasteiger partial charge in [-0.1, -0.05) is 30.3 Å². The molecule has 0 saturated carbocycles. The van der Waals surface area contributed by atoms with E-state index < -0.39 is 21.9 Å². The molecule has 1 heterocycles. The van der Waals surface area contributed by atoms with Crippen molar-refractivity contribution in [1.29, 1.82) is 0 Å². The van der Waals surface area contributed by atoms with Gasteiger partial charge in [0.15, 0.2) is 0 Å². The van der Waals surface area contributed by atoms with Crippen LogP contribution in [0.3, 0.4) is 0 Å². The number of amides is 1. The van der Waals surface area contributed by atoms with Crippen LogP contribution in [0.25, 0.3) is 10.4 Å². The number of methoxy groups -OCH3 is 1. The standard InChI is InChI=1S/C23H24N2O5S2/c1-15(2)25(3)32(28,29)18-12-10-17(11-13-18)22(26)24-19-14-20(16-8-6-5-7-9-16)31-21(19)23(27)30-4/h5-15H,1-4H3,(H,24,26). The highest BCUT2D eigenvalue weighted by molar-refractivity contribution is 7.89. The summed E-state index contributed by atoms with van der Waals surface area (Å²) in [4.78, 5) is 26.2. The number of sulfonamides is 1. The summed E-state index contributed by atoms with van der Waals surface area (Å²) in [7, 11) is -0.855. The second kappa shape index (κ2) is 9.64. The van der Waals surface area contributed by atoms with E-state index in [9.17, 15) is 18.0 Å². The number of rotatable bonds is 7. The summed E-state index contributed by atoms with van der Waals surface area (Å²) in [5.74, 6) is -1.01. The molecule has 0 aliphatic heterocycles. The molecule has 32 heavy (non-hydrogen) atoms. The van der Waals surface area contributed by atoms with Gasteiger partial charge in [0.25, 0.3) is 5.91 Å². The van der Waals surface area contributed by atoms with E-state index in [1.807, 2.05) is 30.3 Å². The number of anilines is 1. The SMILES string of the molecule is COC(=O)c1sc(-c2ccccc2)cc1NC(=O)c1ccc(S(=O)(=O)N(C)C(C)C)cc1. The van der Waals surface area contributed by atoms with Crippen LogP contribution in [0.5, 0.6) is 0 Å². The Labute approximate surface area is 191 Å². The third kappa shape index (κ3) is 4.90. The molecule has 1 N–H and O–H groups in total. The number of esters is 1. The molecule has 0 aliphatic carbocycles. The van der Waals surface area contributed by atoms with Crippen molar-refractivity contribution in [3.63, 3.8) is 0 Å². The molecule has 3 aromatic rings. The quantitative estimate of drug-likeness (QED) is 0.512. The minimum absolute atomic E-state index is 0.0994. The van der Waals surface area contributed by atoms with Crippen molar-refractivity contribution in [2.24, 2.45) is 0 Å². The summed E-state index contributed by atoms with van der Waals surface area (Å²) in [6.45, 7) is 3.56. The predicted molar refractivity (Wildman–Crippen MR) is 126 cm³/mol. The topological polar surface area (TPSA) is 92.8 Å². The lowest BCUT2D eigenvalue weighted by Gasteiger charge is -2.21. The average molecular weight is 473 g/mol. The summed E-state index contributed by atoms with van der Waals surface area (Å²) in [6, 6.07) is 16.7. The fourth-order valence-electron chi connectivity index (χ4n) is 2.89. The molecule has 1 amide bonds. The summed E-state index contributed by atoms with van der Waals surface area (Å²) in [6.07, 6.45) is 0. The van der Waals surface area contributed by atoms with E-state index in [1.54, 1.807) is 19.9 Å². The minimum Gasteiger partial charge on any atom is -0.465 e. The second-order valence-corrected chi connectivity index (χ2v) is 10.4. The summed E-state index contributed by atoms with van der Waals surface area (Å²) < 4.78 is 31.3. The van der Waals surface area contributed by atoms with Gasteiger partial charge >= 0.3 is 5.97 Å². The van der Waals surface area contributed by atoms with Gasteiger partial charge in [-0.25, -0.2) is 13.2 Å². The zero-order chi connectivity index (χ0) is 23.5. The van der Waals surface area contributed by atoms with Crippen molar-refractivity contribution in [3.8, 4) is 10.4 Å². The molecule has 0 radical (unpaired) electrons. The maximum atomic E-state index is 12.8. The number of nitrogens with one attached hydrogen (secondary N) is 1. The van der Waals surface area contributed by atoms with Crippen LogP contribution >= 0.6 is 11.3 Å². The van der Waals surface area contributed by atoms with Crippen LogP contribution in [0.2, 0.25) is 0 Å². The Bertz CT molecular complexity index is 1220. The van der Waals surface area contributed by atoms with Gasteiger partial charge in [-0.15, -0.1) is 11.3 Å². The second-order valence-electron chi connectivity index (χ2n) is 7.30. The third-order valence-corrected chi connectivity index (χ3v) is 8.14. The zero-order valence-corrected chi connectivity index (χ0v) is 19.8. The highest BCUT2D eigenvalue weighted by atomic mass is 32.2. The Kier molecular flexibility index (Phi) is 7.12. The van der Waals surface area contributed by atoms with Crippen molar-refractivity contribution in [1.82, 2.24) is 4.31 Å². The summed E-state index contributed by atoms with van der Waals surface area (Å²) >= 11 is 1.22. The molecule has 0 spiro atoms. The van der Waals surface area contributed by atoms with Crippen LogP contribution in [0.1, 0.15) is 33.9 Å². The van der Waals surface area contributed by atoms with Crippen LogP contribution in [-0.2, 0) is 14.8 Å². The Morgan fingerprint density at radius 2 is 1.66 bits per heavy atom. The number of carbonyl (C=O) groups is 2. The number of ether oxygens (including phenoxy) is 1. The Morgan fingerprint density at radius 3 is 2.22 bits per heavy atom. The smallest absolute Gasteiger partial charge is 0.350 e. The molecule has 9 heteroatoms. The van der Waals surface area contributed by atoms with E-state index in [0.717, 1.165) is 10.4 Å². The van der Waals surface area contributed by atoms with E-state index in [-0.39, 0.29) is 21.4 Å². The van der Waals surface area contributed by atoms with Crippen molar-refractivity contribution < 1.29 is 22.7 Å². The maximum absolute atomic E-state index is 12.8. The lowest BCUT2D eigenvalue weighted by molar-refractivity contribution is 0.0607. The van der Waals surface area contributed by atoms with E-state index in [1.165, 1.54) is 54.1 Å². The minimum atomic E-state index is -3.65. The van der Waals surface area contributed by atoms with E-state index in [0.29, 0.717) is 5.69 Å². The van der Waals surface area contributed by atoms with E-state index >= 15 is 0 Å². The third-order valence-electron chi connectivity index (χ3n) is 4.93. The number of carbonyl (C=O) groups excluding carboxylic acids is 2. The van der Waals surface area contributed by atoms with Gasteiger partial charge in [0.1, 0.15) is 4.88 Å². The first-order chi connectivity index (χ1) is 15.1. The Morgan fingerprint density at radius 1 is 1.03 bits per heavy atom. The molecular weight excluding hydrogens is 448 g/mol. The number of thiophene rings is 1. The lowest BCUT2D eigenvalue weighted by atomic mass is 10.2. The summed E-state index contributed by atoms with van der Waals surface area (Å²) in [5, 5.41) is 2.74. The zero-order valence-electron chi connectivity index (χ0n) is 18.2. The normalized spacial score (nSPS) is 11.6. The highest BCUT2D eigenvalue weighted by Gasteiger charge is 2.24. The molecule has 7 nitrogen and oxygen atoms in total. The monoisotopic (exact) mass is 472 g/mol. The predicted octanol–water partition coefficient (Wildman–Crippen LogP) is 4.48. The number of benzene rings is 2. The van der Waals surface area contributed by atoms with Crippen LogP contribution in [0.15, 0.2) is 65.6 Å². The number of nitrogens with zero attached hydrogens (tertiary/aromatic N) is 1. The average Bonchev–Trinajstić information content (AvgIpc) is 3.22. The maximum Gasteiger partial charge on any atom is 0.350 e. The highest BCUT2D eigenvalue weighted by Crippen LogP contribution is 2.35. The van der Waals surface area contributed by atoms with Crippen LogP contribution in [0.4, 0.5) is 5.69 Å². The van der Waals surface area contributed by atoms with Gasteiger partial charge in [-0.2, -0.15) is 4.31 Å². The molecular formula is C23H24N2O5S2. The van der Waals surface area contributed by atoms with Gasteiger partial charge in [0, 0.05) is 23.5 Å². The molecule has 0 unspecified atom stereocenters. The molecule has 0 aliphatic rings. The van der Waals surface area contributed by atoms with Crippen LogP contribution in [-0.4, -0.2) is 44.8 Å².